The molecule has 26 heavy (non-hydrogen) atoms. The number of nitrogens with zero attached hydrogens (tertiary/aromatic N) is 2. The van der Waals surface area contributed by atoms with Gasteiger partial charge in [0.2, 0.25) is 11.0 Å². The van der Waals surface area contributed by atoms with E-state index in [9.17, 15) is 4.79 Å². The second-order valence-electron chi connectivity index (χ2n) is 5.71. The van der Waals surface area contributed by atoms with Crippen LogP contribution in [0.25, 0.3) is 0 Å². The Morgan fingerprint density at radius 1 is 1.04 bits per heavy atom. The molecular formula is C19H20N4OS2. The molecule has 1 amide bonds. The van der Waals surface area contributed by atoms with Gasteiger partial charge in [0.15, 0.2) is 4.34 Å². The van der Waals surface area contributed by atoms with Crippen LogP contribution in [0.1, 0.15) is 23.5 Å². The summed E-state index contributed by atoms with van der Waals surface area (Å²) in [4.78, 5) is 12.1. The molecular weight excluding hydrogens is 364 g/mol. The second kappa shape index (κ2) is 9.35. The Hall–Kier alpha value is -2.38. The summed E-state index contributed by atoms with van der Waals surface area (Å²) in [5.41, 5.74) is 8.05. The van der Waals surface area contributed by atoms with Crippen molar-refractivity contribution in [1.82, 2.24) is 15.5 Å². The third kappa shape index (κ3) is 5.31. The van der Waals surface area contributed by atoms with Crippen molar-refractivity contribution in [2.45, 2.75) is 16.7 Å². The van der Waals surface area contributed by atoms with Gasteiger partial charge in [-0.25, -0.2) is 0 Å². The lowest BCUT2D eigenvalue weighted by Crippen LogP contribution is -2.27. The van der Waals surface area contributed by atoms with E-state index in [1.807, 2.05) is 36.4 Å². The van der Waals surface area contributed by atoms with Gasteiger partial charge in [0.1, 0.15) is 0 Å². The summed E-state index contributed by atoms with van der Waals surface area (Å²) in [6, 6.07) is 20.8. The molecule has 0 atom stereocenters. The van der Waals surface area contributed by atoms with E-state index in [1.54, 1.807) is 0 Å². The Morgan fingerprint density at radius 3 is 2.19 bits per heavy atom. The number of hydrogen-bond donors (Lipinski definition) is 2. The van der Waals surface area contributed by atoms with E-state index in [0.717, 1.165) is 6.42 Å². The number of nitrogen functional groups attached to an aromatic ring is 1. The van der Waals surface area contributed by atoms with Crippen LogP contribution in [0.4, 0.5) is 5.13 Å². The lowest BCUT2D eigenvalue weighted by atomic mass is 9.88. The number of hydrogen-bond acceptors (Lipinski definition) is 6. The third-order valence-corrected chi connectivity index (χ3v) is 5.79. The summed E-state index contributed by atoms with van der Waals surface area (Å²) in [6.45, 7) is 0.617. The van der Waals surface area contributed by atoms with E-state index in [2.05, 4.69) is 39.8 Å². The monoisotopic (exact) mass is 384 g/mol. The van der Waals surface area contributed by atoms with Crippen molar-refractivity contribution >= 4 is 34.1 Å². The predicted octanol–water partition coefficient (Wildman–Crippen LogP) is 3.55. The van der Waals surface area contributed by atoms with Crippen molar-refractivity contribution < 1.29 is 4.79 Å². The van der Waals surface area contributed by atoms with Crippen LogP contribution in [0, 0.1) is 0 Å². The summed E-state index contributed by atoms with van der Waals surface area (Å²) in [7, 11) is 0. The summed E-state index contributed by atoms with van der Waals surface area (Å²) in [6.07, 6.45) is 0.843. The first-order valence-electron chi connectivity index (χ1n) is 8.31. The van der Waals surface area contributed by atoms with Gasteiger partial charge >= 0.3 is 0 Å². The first-order valence-corrected chi connectivity index (χ1v) is 10.1. The van der Waals surface area contributed by atoms with Gasteiger partial charge in [-0.3, -0.25) is 4.79 Å². The Bertz CT molecular complexity index is 784. The molecule has 134 valence electrons. The maximum Gasteiger partial charge on any atom is 0.230 e. The molecule has 0 fully saturated rings. The van der Waals surface area contributed by atoms with Crippen LogP contribution >= 0.6 is 23.1 Å². The molecule has 3 N–H and O–H groups in total. The Morgan fingerprint density at radius 2 is 1.65 bits per heavy atom. The zero-order chi connectivity index (χ0) is 18.2. The molecule has 3 aromatic rings. The van der Waals surface area contributed by atoms with E-state index >= 15 is 0 Å². The number of carbonyl (C=O) groups is 1. The fourth-order valence-electron chi connectivity index (χ4n) is 2.71. The second-order valence-corrected chi connectivity index (χ2v) is 7.94. The van der Waals surface area contributed by atoms with E-state index in [1.165, 1.54) is 34.2 Å². The van der Waals surface area contributed by atoms with Gasteiger partial charge in [-0.1, -0.05) is 83.8 Å². The molecule has 5 nitrogen and oxygen atoms in total. The number of anilines is 1. The van der Waals surface area contributed by atoms with Crippen molar-refractivity contribution in [2.75, 3.05) is 18.0 Å². The molecule has 1 aromatic heterocycles. The molecule has 7 heteroatoms. The third-order valence-electron chi connectivity index (χ3n) is 3.91. The molecule has 1 heterocycles. The highest BCUT2D eigenvalue weighted by Gasteiger charge is 2.14. The first kappa shape index (κ1) is 18.4. The topological polar surface area (TPSA) is 80.9 Å². The highest BCUT2D eigenvalue weighted by atomic mass is 32.2. The lowest BCUT2D eigenvalue weighted by Gasteiger charge is -2.18. The summed E-state index contributed by atoms with van der Waals surface area (Å²) >= 11 is 2.65. The Labute approximate surface area is 161 Å². The van der Waals surface area contributed by atoms with Crippen molar-refractivity contribution in [1.29, 1.82) is 0 Å². The van der Waals surface area contributed by atoms with Crippen LogP contribution in [0.3, 0.4) is 0 Å². The number of carbonyl (C=O) groups excluding carboxylic acids is 1. The summed E-state index contributed by atoms with van der Waals surface area (Å²) in [5.74, 6) is 0.563. The number of amides is 1. The number of aromatic nitrogens is 2. The van der Waals surface area contributed by atoms with E-state index < -0.39 is 0 Å². The number of rotatable bonds is 8. The van der Waals surface area contributed by atoms with Crippen LogP contribution in [0.15, 0.2) is 65.0 Å². The fraction of sp³-hybridized carbons (Fsp3) is 0.211. The van der Waals surface area contributed by atoms with Crippen LogP contribution in [-0.4, -0.2) is 28.4 Å². The number of thioether (sulfide) groups is 1. The van der Waals surface area contributed by atoms with E-state index in [-0.39, 0.29) is 11.8 Å². The number of nitrogens with two attached hydrogens (primary N) is 1. The summed E-state index contributed by atoms with van der Waals surface area (Å²) in [5, 5.41) is 11.1. The van der Waals surface area contributed by atoms with Crippen LogP contribution in [-0.2, 0) is 4.79 Å². The van der Waals surface area contributed by atoms with Gasteiger partial charge in [-0.2, -0.15) is 0 Å². The molecule has 0 saturated carbocycles. The van der Waals surface area contributed by atoms with Gasteiger partial charge in [0.25, 0.3) is 0 Å². The predicted molar refractivity (Wildman–Crippen MR) is 107 cm³/mol. The molecule has 3 rings (SSSR count). The van der Waals surface area contributed by atoms with Gasteiger partial charge in [0, 0.05) is 12.5 Å². The van der Waals surface area contributed by atoms with Crippen LogP contribution in [0.5, 0.6) is 0 Å². The molecule has 0 bridgehead atoms. The maximum atomic E-state index is 12.1. The highest BCUT2D eigenvalue weighted by Crippen LogP contribution is 2.27. The van der Waals surface area contributed by atoms with Crippen LogP contribution in [0.2, 0.25) is 0 Å². The minimum atomic E-state index is -0.0105. The molecule has 0 aliphatic rings. The van der Waals surface area contributed by atoms with Crippen molar-refractivity contribution in [3.8, 4) is 0 Å². The van der Waals surface area contributed by atoms with Crippen molar-refractivity contribution in [2.24, 2.45) is 0 Å². The normalized spacial score (nSPS) is 10.8. The van der Waals surface area contributed by atoms with Gasteiger partial charge < -0.3 is 11.1 Å². The highest BCUT2D eigenvalue weighted by molar-refractivity contribution is 8.01. The van der Waals surface area contributed by atoms with Gasteiger partial charge in [-0.15, -0.1) is 10.2 Å². The van der Waals surface area contributed by atoms with E-state index in [0.29, 0.717) is 21.8 Å². The maximum absolute atomic E-state index is 12.1. The van der Waals surface area contributed by atoms with Crippen molar-refractivity contribution in [3.63, 3.8) is 0 Å². The molecule has 0 aliphatic heterocycles. The average molecular weight is 385 g/mol. The summed E-state index contributed by atoms with van der Waals surface area (Å²) < 4.78 is 0.712. The fourth-order valence-corrected chi connectivity index (χ4v) is 4.18. The first-order chi connectivity index (χ1) is 12.7. The van der Waals surface area contributed by atoms with E-state index in [4.69, 9.17) is 5.73 Å². The quantitative estimate of drug-likeness (QED) is 0.581. The number of nitrogens with one attached hydrogen (secondary N) is 1. The molecule has 0 aliphatic carbocycles. The SMILES string of the molecule is Nc1nnc(SCC(=O)NCCC(c2ccccc2)c2ccccc2)s1. The van der Waals surface area contributed by atoms with Crippen molar-refractivity contribution in [3.05, 3.63) is 71.8 Å². The average Bonchev–Trinajstić information content (AvgIpc) is 3.10. The zero-order valence-corrected chi connectivity index (χ0v) is 15.8. The lowest BCUT2D eigenvalue weighted by molar-refractivity contribution is -0.118. The molecule has 0 radical (unpaired) electrons. The van der Waals surface area contributed by atoms with Gasteiger partial charge in [0.05, 0.1) is 5.75 Å². The number of benzene rings is 2. The molecule has 0 unspecified atom stereocenters. The van der Waals surface area contributed by atoms with Crippen LogP contribution < -0.4 is 11.1 Å². The molecule has 0 saturated heterocycles. The van der Waals surface area contributed by atoms with Gasteiger partial charge in [-0.05, 0) is 17.5 Å². The zero-order valence-electron chi connectivity index (χ0n) is 14.2. The Balaban J connectivity index is 1.54. The standard InChI is InChI=1S/C19H20N4OS2/c20-18-22-23-19(26-18)25-13-17(24)21-12-11-16(14-7-3-1-4-8-14)15-9-5-2-6-10-15/h1-10,16H,11-13H2,(H2,20,22)(H,21,24). The minimum Gasteiger partial charge on any atom is -0.374 e. The smallest absolute Gasteiger partial charge is 0.230 e. The Kier molecular flexibility index (Phi) is 6.62. The molecule has 0 spiro atoms. The molecule has 2 aromatic carbocycles. The largest absolute Gasteiger partial charge is 0.374 e. The minimum absolute atomic E-state index is 0.0105.